The van der Waals surface area contributed by atoms with Gasteiger partial charge in [-0.25, -0.2) is 0 Å². The van der Waals surface area contributed by atoms with Gasteiger partial charge in [0.25, 0.3) is 10.1 Å². The molecular weight excluding hydrogens is 190 g/mol. The summed E-state index contributed by atoms with van der Waals surface area (Å²) in [6.07, 6.45) is 0. The molecule has 0 radical (unpaired) electrons. The molecular formula is C2H7O3RbS. The second kappa shape index (κ2) is 4.58. The van der Waals surface area contributed by atoms with Gasteiger partial charge in [0.15, 0.2) is 0 Å². The summed E-state index contributed by atoms with van der Waals surface area (Å²) in [5.41, 5.74) is 0. The summed E-state index contributed by atoms with van der Waals surface area (Å²) in [5, 5.41) is 0. The molecule has 1 N–H and O–H groups in total. The molecule has 0 aliphatic heterocycles. The molecule has 0 amide bonds. The fourth-order valence-electron chi connectivity index (χ4n) is 0. The molecule has 0 saturated heterocycles. The average Bonchev–Trinajstić information content (AvgIpc) is 1.35. The van der Waals surface area contributed by atoms with Crippen molar-refractivity contribution in [1.82, 2.24) is 0 Å². The van der Waals surface area contributed by atoms with Crippen LogP contribution in [0.3, 0.4) is 0 Å². The van der Waals surface area contributed by atoms with E-state index in [1.807, 2.05) is 0 Å². The van der Waals surface area contributed by atoms with Gasteiger partial charge in [0.1, 0.15) is 0 Å². The van der Waals surface area contributed by atoms with E-state index in [4.69, 9.17) is 4.55 Å². The second-order valence-corrected chi connectivity index (χ2v) is 2.61. The Morgan fingerprint density at radius 3 is 1.71 bits per heavy atom. The van der Waals surface area contributed by atoms with E-state index >= 15 is 0 Å². The predicted octanol–water partition coefficient (Wildman–Crippen LogP) is -0.754. The molecule has 0 spiro atoms. The second-order valence-electron chi connectivity index (χ2n) is 0.871. The molecule has 7 heavy (non-hydrogen) atoms. The van der Waals surface area contributed by atoms with Crippen molar-refractivity contribution in [2.75, 3.05) is 5.75 Å². The van der Waals surface area contributed by atoms with Gasteiger partial charge in [0.05, 0.1) is 5.75 Å². The Morgan fingerprint density at radius 2 is 1.71 bits per heavy atom. The first-order valence-corrected chi connectivity index (χ1v) is 3.12. The summed E-state index contributed by atoms with van der Waals surface area (Å²) >= 11 is 0. The first kappa shape index (κ1) is 11.5. The van der Waals surface area contributed by atoms with Crippen molar-refractivity contribution in [3.05, 3.63) is 0 Å². The molecule has 0 rings (SSSR count). The van der Waals surface area contributed by atoms with Crippen LogP contribution in [0, 0.1) is 0 Å². The monoisotopic (exact) mass is 196 g/mol. The van der Waals surface area contributed by atoms with Gasteiger partial charge in [-0.05, 0) is 6.92 Å². The number of rotatable bonds is 1. The van der Waals surface area contributed by atoms with Gasteiger partial charge in [0, 0.05) is 0 Å². The van der Waals surface area contributed by atoms with Crippen molar-refractivity contribution >= 4 is 68.3 Å². The predicted molar refractivity (Wildman–Crippen MR) is 29.2 cm³/mol. The van der Waals surface area contributed by atoms with Gasteiger partial charge in [-0.3, -0.25) is 4.55 Å². The minimum atomic E-state index is -3.66. The van der Waals surface area contributed by atoms with E-state index in [2.05, 4.69) is 0 Å². The Kier molecular flexibility index (Phi) is 7.53. The van der Waals surface area contributed by atoms with E-state index in [-0.39, 0.29) is 63.9 Å². The van der Waals surface area contributed by atoms with Crippen LogP contribution < -0.4 is 0 Å². The summed E-state index contributed by atoms with van der Waals surface area (Å²) in [6, 6.07) is 0. The molecule has 0 atom stereocenters. The van der Waals surface area contributed by atoms with Gasteiger partial charge < -0.3 is 0 Å². The third-order valence-corrected chi connectivity index (χ3v) is 1.09. The zero-order valence-corrected chi connectivity index (χ0v) is 4.20. The van der Waals surface area contributed by atoms with Crippen LogP contribution in [0.15, 0.2) is 0 Å². The van der Waals surface area contributed by atoms with Crippen LogP contribution in [0.1, 0.15) is 6.92 Å². The number of hydrogen-bond donors (Lipinski definition) is 1. The molecule has 0 fully saturated rings. The minimum absolute atomic E-state index is 0. The van der Waals surface area contributed by atoms with Gasteiger partial charge >= 0.3 is 58.2 Å². The van der Waals surface area contributed by atoms with Crippen LogP contribution >= 0.6 is 0 Å². The molecule has 3 nitrogen and oxygen atoms in total. The van der Waals surface area contributed by atoms with Crippen molar-refractivity contribution in [1.29, 1.82) is 0 Å². The molecule has 0 bridgehead atoms. The maximum absolute atomic E-state index is 9.56. The molecule has 0 heterocycles. The first-order chi connectivity index (χ1) is 2.56. The van der Waals surface area contributed by atoms with Crippen LogP contribution in [0.25, 0.3) is 0 Å². The Bertz CT molecular complexity index is 115. The van der Waals surface area contributed by atoms with Gasteiger partial charge in [-0.15, -0.1) is 0 Å². The van der Waals surface area contributed by atoms with Crippen LogP contribution in [-0.2, 0) is 10.1 Å². The molecule has 0 aromatic heterocycles. The zero-order valence-electron chi connectivity index (χ0n) is 3.38. The van der Waals surface area contributed by atoms with Crippen LogP contribution in [-0.4, -0.2) is 76.9 Å². The van der Waals surface area contributed by atoms with Gasteiger partial charge in [-0.1, -0.05) is 0 Å². The van der Waals surface area contributed by atoms with Crippen LogP contribution in [0.2, 0.25) is 0 Å². The van der Waals surface area contributed by atoms with Gasteiger partial charge in [0.2, 0.25) is 0 Å². The summed E-state index contributed by atoms with van der Waals surface area (Å²) < 4.78 is 26.9. The van der Waals surface area contributed by atoms with Crippen molar-refractivity contribution in [3.8, 4) is 0 Å². The fraction of sp³-hybridized carbons (Fsp3) is 1.00. The van der Waals surface area contributed by atoms with E-state index in [9.17, 15) is 8.42 Å². The van der Waals surface area contributed by atoms with Crippen molar-refractivity contribution in [3.63, 3.8) is 0 Å². The normalized spacial score (nSPS) is 10.0. The van der Waals surface area contributed by atoms with Crippen molar-refractivity contribution in [2.24, 2.45) is 0 Å². The molecule has 0 aromatic rings. The average molecular weight is 197 g/mol. The summed E-state index contributed by atoms with van der Waals surface area (Å²) in [7, 11) is -3.66. The summed E-state index contributed by atoms with van der Waals surface area (Å²) in [6.45, 7) is 1.37. The summed E-state index contributed by atoms with van der Waals surface area (Å²) in [4.78, 5) is 0. The Hall–Kier alpha value is 1.72. The van der Waals surface area contributed by atoms with Crippen LogP contribution in [0.4, 0.5) is 0 Å². The zero-order chi connectivity index (χ0) is 5.21. The first-order valence-electron chi connectivity index (χ1n) is 1.51. The van der Waals surface area contributed by atoms with Crippen molar-refractivity contribution < 1.29 is 13.0 Å². The van der Waals surface area contributed by atoms with E-state index in [1.165, 1.54) is 6.92 Å². The molecule has 0 aliphatic carbocycles. The van der Waals surface area contributed by atoms with E-state index in [0.29, 0.717) is 0 Å². The topological polar surface area (TPSA) is 54.4 Å². The quantitative estimate of drug-likeness (QED) is 0.562. The van der Waals surface area contributed by atoms with E-state index < -0.39 is 10.1 Å². The molecule has 5 heteroatoms. The molecule has 0 unspecified atom stereocenters. The van der Waals surface area contributed by atoms with E-state index in [0.717, 1.165) is 0 Å². The SMILES string of the molecule is CCS(=O)(=O)O.[RbH]. The Balaban J connectivity index is 0. The molecule has 40 valence electrons. The van der Waals surface area contributed by atoms with E-state index in [1.54, 1.807) is 0 Å². The van der Waals surface area contributed by atoms with Gasteiger partial charge in [-0.2, -0.15) is 8.42 Å². The maximum atomic E-state index is 9.56. The third-order valence-electron chi connectivity index (χ3n) is 0.365. The molecule has 0 saturated carbocycles. The Morgan fingerprint density at radius 1 is 1.57 bits per heavy atom. The summed E-state index contributed by atoms with van der Waals surface area (Å²) in [5.74, 6) is -0.201. The number of hydrogen-bond acceptors (Lipinski definition) is 2. The fourth-order valence-corrected chi connectivity index (χ4v) is 0. The molecule has 0 aliphatic rings. The standard InChI is InChI=1S/C2H6O3S.Rb.H/c1-2-6(3,4)5;;/h2H2,1H3,(H,3,4,5);;. The molecule has 0 aromatic carbocycles. The third kappa shape index (κ3) is 11.3. The Labute approximate surface area is 92.0 Å². The van der Waals surface area contributed by atoms with Crippen LogP contribution in [0.5, 0.6) is 0 Å². The van der Waals surface area contributed by atoms with Crippen molar-refractivity contribution in [2.45, 2.75) is 6.92 Å².